The lowest BCUT2D eigenvalue weighted by Crippen LogP contribution is -2.49. The van der Waals surface area contributed by atoms with Gasteiger partial charge < -0.3 is 5.32 Å². The van der Waals surface area contributed by atoms with E-state index in [0.717, 1.165) is 5.56 Å². The van der Waals surface area contributed by atoms with Crippen molar-refractivity contribution in [1.29, 1.82) is 0 Å². The predicted octanol–water partition coefficient (Wildman–Crippen LogP) is 1.85. The monoisotopic (exact) mass is 264 g/mol. The second-order valence-corrected chi connectivity index (χ2v) is 5.66. The number of aromatic amines is 1. The highest BCUT2D eigenvalue weighted by Gasteiger charge is 2.34. The number of nitrogens with zero attached hydrogens (tertiary/aromatic N) is 2. The van der Waals surface area contributed by atoms with E-state index in [0.29, 0.717) is 12.1 Å². The largest absolute Gasteiger partial charge is 0.348 e. The number of nitrogens with one attached hydrogen (secondary N) is 2. The third kappa shape index (κ3) is 2.97. The second-order valence-electron chi connectivity index (χ2n) is 5.66. The molecule has 2 rings (SSSR count). The number of carbonyl (C=O) groups is 1. The number of hydrogen-bond acceptors (Lipinski definition) is 3. The van der Waals surface area contributed by atoms with E-state index in [9.17, 15) is 4.79 Å². The normalized spacial score (nSPS) is 27.2. The zero-order valence-electron chi connectivity index (χ0n) is 12.2. The van der Waals surface area contributed by atoms with Crippen LogP contribution in [-0.2, 0) is 4.79 Å². The minimum absolute atomic E-state index is 0.0121. The van der Waals surface area contributed by atoms with Gasteiger partial charge in [0.15, 0.2) is 0 Å². The second kappa shape index (κ2) is 5.74. The molecule has 1 aromatic rings. The highest BCUT2D eigenvalue weighted by Crippen LogP contribution is 2.26. The molecule has 1 saturated heterocycles. The third-order valence-electron chi connectivity index (χ3n) is 4.22. The maximum atomic E-state index is 12.3. The maximum absolute atomic E-state index is 12.3. The molecule has 0 aromatic carbocycles. The van der Waals surface area contributed by atoms with Crippen molar-refractivity contribution in [3.8, 4) is 0 Å². The Labute approximate surface area is 114 Å². The van der Waals surface area contributed by atoms with Gasteiger partial charge >= 0.3 is 0 Å². The van der Waals surface area contributed by atoms with Crippen LogP contribution in [0.5, 0.6) is 0 Å². The molecule has 0 aliphatic carbocycles. The first-order valence-corrected chi connectivity index (χ1v) is 7.07. The summed E-state index contributed by atoms with van der Waals surface area (Å²) in [5.74, 6) is 0.0919. The zero-order chi connectivity index (χ0) is 14.0. The molecule has 0 spiro atoms. The molecule has 4 atom stereocenters. The Bertz CT molecular complexity index is 407. The number of H-pyrrole nitrogens is 1. The molecule has 1 amide bonds. The summed E-state index contributed by atoms with van der Waals surface area (Å²) in [6, 6.07) is 0.878. The van der Waals surface area contributed by atoms with Crippen LogP contribution in [0.3, 0.4) is 0 Å². The Kier molecular flexibility index (Phi) is 4.24. The Hall–Kier alpha value is -1.36. The third-order valence-corrected chi connectivity index (χ3v) is 4.22. The lowest BCUT2D eigenvalue weighted by molar-refractivity contribution is -0.127. The van der Waals surface area contributed by atoms with Crippen molar-refractivity contribution >= 4 is 5.91 Å². The molecule has 2 heterocycles. The molecule has 4 unspecified atom stereocenters. The number of hydrogen-bond donors (Lipinski definition) is 2. The van der Waals surface area contributed by atoms with E-state index >= 15 is 0 Å². The van der Waals surface area contributed by atoms with Gasteiger partial charge in [0.05, 0.1) is 18.3 Å². The molecule has 1 aliphatic heterocycles. The van der Waals surface area contributed by atoms with Gasteiger partial charge in [0.1, 0.15) is 0 Å². The van der Waals surface area contributed by atoms with Gasteiger partial charge in [-0.05, 0) is 40.5 Å². The van der Waals surface area contributed by atoms with E-state index in [1.165, 1.54) is 12.8 Å². The summed E-state index contributed by atoms with van der Waals surface area (Å²) in [6.07, 6.45) is 5.92. The lowest BCUT2D eigenvalue weighted by atomic mass is 10.1. The van der Waals surface area contributed by atoms with Crippen molar-refractivity contribution in [3.05, 3.63) is 18.0 Å². The fraction of sp³-hybridized carbons (Fsp3) is 0.714. The smallest absolute Gasteiger partial charge is 0.237 e. The summed E-state index contributed by atoms with van der Waals surface area (Å²) in [7, 11) is 0. The van der Waals surface area contributed by atoms with E-state index in [1.807, 2.05) is 20.0 Å². The molecule has 1 aliphatic rings. The molecule has 19 heavy (non-hydrogen) atoms. The molecule has 5 heteroatoms. The summed E-state index contributed by atoms with van der Waals surface area (Å²) < 4.78 is 0. The van der Waals surface area contributed by atoms with Gasteiger partial charge in [0, 0.05) is 23.8 Å². The quantitative estimate of drug-likeness (QED) is 0.872. The van der Waals surface area contributed by atoms with Crippen molar-refractivity contribution in [2.75, 3.05) is 0 Å². The van der Waals surface area contributed by atoms with Gasteiger partial charge in [-0.15, -0.1) is 0 Å². The van der Waals surface area contributed by atoms with Crippen LogP contribution >= 0.6 is 0 Å². The van der Waals surface area contributed by atoms with Gasteiger partial charge in [-0.25, -0.2) is 0 Å². The number of amides is 1. The van der Waals surface area contributed by atoms with Gasteiger partial charge in [0.2, 0.25) is 5.91 Å². The van der Waals surface area contributed by atoms with Crippen LogP contribution in [0.25, 0.3) is 0 Å². The molecule has 1 aromatic heterocycles. The molecular weight excluding hydrogens is 240 g/mol. The number of carbonyl (C=O) groups excluding carboxylic acids is 1. The molecule has 5 nitrogen and oxygen atoms in total. The average molecular weight is 264 g/mol. The van der Waals surface area contributed by atoms with Crippen LogP contribution in [0, 0.1) is 0 Å². The number of rotatable bonds is 4. The van der Waals surface area contributed by atoms with E-state index in [1.54, 1.807) is 6.20 Å². The summed E-state index contributed by atoms with van der Waals surface area (Å²) in [6.45, 7) is 8.38. The molecular formula is C14H24N4O. The molecule has 0 saturated carbocycles. The highest BCUT2D eigenvalue weighted by molar-refractivity contribution is 5.81. The predicted molar refractivity (Wildman–Crippen MR) is 74.6 cm³/mol. The average Bonchev–Trinajstić information content (AvgIpc) is 2.99. The SMILES string of the molecule is CC(NC(=O)C(C)N1C(C)CCC1C)c1cn[nH]c1. The topological polar surface area (TPSA) is 61.0 Å². The van der Waals surface area contributed by atoms with Crippen LogP contribution in [0.2, 0.25) is 0 Å². The number of aromatic nitrogens is 2. The van der Waals surface area contributed by atoms with E-state index in [4.69, 9.17) is 0 Å². The van der Waals surface area contributed by atoms with Crippen LogP contribution in [0.4, 0.5) is 0 Å². The highest BCUT2D eigenvalue weighted by atomic mass is 16.2. The first-order valence-electron chi connectivity index (χ1n) is 7.07. The van der Waals surface area contributed by atoms with Crippen molar-refractivity contribution in [1.82, 2.24) is 20.4 Å². The van der Waals surface area contributed by atoms with Crippen LogP contribution in [0.15, 0.2) is 12.4 Å². The molecule has 2 N–H and O–H groups in total. The van der Waals surface area contributed by atoms with Gasteiger partial charge in [0.25, 0.3) is 0 Å². The molecule has 106 valence electrons. The Balaban J connectivity index is 1.96. The van der Waals surface area contributed by atoms with Crippen molar-refractivity contribution in [2.45, 2.75) is 64.7 Å². The maximum Gasteiger partial charge on any atom is 0.237 e. The Morgan fingerprint density at radius 1 is 1.42 bits per heavy atom. The Morgan fingerprint density at radius 2 is 2.05 bits per heavy atom. The summed E-state index contributed by atoms with van der Waals surface area (Å²) >= 11 is 0. The van der Waals surface area contributed by atoms with Gasteiger partial charge in [-0.3, -0.25) is 14.8 Å². The van der Waals surface area contributed by atoms with E-state index < -0.39 is 0 Å². The minimum atomic E-state index is -0.0816. The van der Waals surface area contributed by atoms with E-state index in [2.05, 4.69) is 34.3 Å². The summed E-state index contributed by atoms with van der Waals surface area (Å²) in [5, 5.41) is 9.74. The first-order chi connectivity index (χ1) is 9.00. The summed E-state index contributed by atoms with van der Waals surface area (Å²) in [5.41, 5.74) is 1.00. The standard InChI is InChI=1S/C14H24N4O/c1-9-5-6-10(2)18(9)12(4)14(19)17-11(3)13-7-15-16-8-13/h7-12H,5-6H2,1-4H3,(H,15,16)(H,17,19). The van der Waals surface area contributed by atoms with Gasteiger partial charge in [-0.1, -0.05) is 0 Å². The van der Waals surface area contributed by atoms with Crippen molar-refractivity contribution in [3.63, 3.8) is 0 Å². The number of likely N-dealkylation sites (tertiary alicyclic amines) is 1. The van der Waals surface area contributed by atoms with Crippen LogP contribution in [-0.4, -0.2) is 39.1 Å². The fourth-order valence-corrected chi connectivity index (χ4v) is 3.03. The Morgan fingerprint density at radius 3 is 2.58 bits per heavy atom. The fourth-order valence-electron chi connectivity index (χ4n) is 3.03. The van der Waals surface area contributed by atoms with Crippen LogP contribution in [0.1, 0.15) is 52.1 Å². The van der Waals surface area contributed by atoms with E-state index in [-0.39, 0.29) is 18.0 Å². The van der Waals surface area contributed by atoms with Crippen LogP contribution < -0.4 is 5.32 Å². The molecule has 1 fully saturated rings. The summed E-state index contributed by atoms with van der Waals surface area (Å²) in [4.78, 5) is 14.7. The first kappa shape index (κ1) is 14.1. The lowest BCUT2D eigenvalue weighted by Gasteiger charge is -2.32. The molecule has 0 bridgehead atoms. The molecule has 0 radical (unpaired) electrons. The van der Waals surface area contributed by atoms with Crippen molar-refractivity contribution < 1.29 is 4.79 Å². The minimum Gasteiger partial charge on any atom is -0.348 e. The zero-order valence-corrected chi connectivity index (χ0v) is 12.2. The van der Waals surface area contributed by atoms with Crippen molar-refractivity contribution in [2.24, 2.45) is 0 Å². The van der Waals surface area contributed by atoms with Gasteiger partial charge in [-0.2, -0.15) is 5.10 Å².